The summed E-state index contributed by atoms with van der Waals surface area (Å²) in [5.41, 5.74) is 1.69. The molecule has 4 aromatic rings. The average Bonchev–Trinajstić information content (AvgIpc) is 3.34. The van der Waals surface area contributed by atoms with Crippen molar-refractivity contribution in [2.24, 2.45) is 4.99 Å². The van der Waals surface area contributed by atoms with Gasteiger partial charge in [0.1, 0.15) is 0 Å². The van der Waals surface area contributed by atoms with Gasteiger partial charge in [-0.3, -0.25) is 4.79 Å². The lowest BCUT2D eigenvalue weighted by Crippen LogP contribution is -2.18. The molecule has 2 heterocycles. The van der Waals surface area contributed by atoms with Crippen LogP contribution < -0.4 is 10.6 Å². The van der Waals surface area contributed by atoms with E-state index in [-0.39, 0.29) is 11.7 Å². The van der Waals surface area contributed by atoms with Crippen LogP contribution in [0.5, 0.6) is 0 Å². The topological polar surface area (TPSA) is 91.1 Å². The number of carbonyl (C=O) groups is 1. The maximum atomic E-state index is 12.5. The molecule has 0 unspecified atom stereocenters. The molecule has 4 rings (SSSR count). The van der Waals surface area contributed by atoms with Gasteiger partial charge in [0.15, 0.2) is 10.6 Å². The molecule has 0 aliphatic carbocycles. The van der Waals surface area contributed by atoms with Gasteiger partial charge in [0, 0.05) is 27.2 Å². The molecule has 0 saturated carbocycles. The highest BCUT2D eigenvalue weighted by Gasteiger charge is 2.14. The number of thioether (sulfide) groups is 1. The number of nitrogens with two attached hydrogens (primary N) is 1. The molecule has 2 N–H and O–H groups in total. The molecule has 0 atom stereocenters. The second-order valence-corrected chi connectivity index (χ2v) is 9.04. The minimum Gasteiger partial charge on any atom is -0.335 e. The molecule has 0 bridgehead atoms. The van der Waals surface area contributed by atoms with E-state index >= 15 is 0 Å². The van der Waals surface area contributed by atoms with Crippen LogP contribution in [0, 0.1) is 0 Å². The normalized spacial score (nSPS) is 11.7. The Kier molecular flexibility index (Phi) is 6.77. The zero-order valence-corrected chi connectivity index (χ0v) is 19.1. The van der Waals surface area contributed by atoms with Crippen molar-refractivity contribution in [2.75, 3.05) is 11.6 Å². The maximum absolute atomic E-state index is 12.5. The predicted molar refractivity (Wildman–Crippen MR) is 125 cm³/mol. The van der Waals surface area contributed by atoms with Crippen LogP contribution in [0.4, 0.5) is 0 Å². The van der Waals surface area contributed by atoms with Gasteiger partial charge in [0.2, 0.25) is 5.16 Å². The first-order chi connectivity index (χ1) is 15.0. The van der Waals surface area contributed by atoms with Gasteiger partial charge in [-0.15, -0.1) is 21.5 Å². The predicted octanol–water partition coefficient (Wildman–Crippen LogP) is 4.10. The van der Waals surface area contributed by atoms with Crippen LogP contribution in [-0.2, 0) is 11.3 Å². The SMILES string of the molecule is Nn1c(SCC(=O)N=c2sccn2Cc2ccccc2Cl)nnc1-c1cccc(Cl)c1. The lowest BCUT2D eigenvalue weighted by Gasteiger charge is -2.05. The van der Waals surface area contributed by atoms with Crippen molar-refractivity contribution in [3.8, 4) is 11.4 Å². The third kappa shape index (κ3) is 5.19. The molecule has 0 spiro atoms. The van der Waals surface area contributed by atoms with Crippen LogP contribution in [0.15, 0.2) is 70.3 Å². The summed E-state index contributed by atoms with van der Waals surface area (Å²) in [6.45, 7) is 0.530. The zero-order chi connectivity index (χ0) is 21.8. The molecule has 11 heteroatoms. The third-order valence-corrected chi connectivity index (χ3v) is 6.58. The molecule has 0 fully saturated rings. The Balaban J connectivity index is 1.46. The van der Waals surface area contributed by atoms with Gasteiger partial charge in [0.05, 0.1) is 12.3 Å². The fourth-order valence-corrected chi connectivity index (χ4v) is 4.55. The number of halogens is 2. The average molecular weight is 491 g/mol. The summed E-state index contributed by atoms with van der Waals surface area (Å²) in [5, 5.41) is 11.7. The number of amides is 1. The van der Waals surface area contributed by atoms with E-state index in [1.54, 1.807) is 18.2 Å². The molecule has 7 nitrogen and oxygen atoms in total. The molecular formula is C20H16Cl2N6OS2. The Labute approximate surface area is 196 Å². The van der Waals surface area contributed by atoms with E-state index < -0.39 is 0 Å². The summed E-state index contributed by atoms with van der Waals surface area (Å²) in [4.78, 5) is 17.3. The van der Waals surface area contributed by atoms with Gasteiger partial charge in [-0.2, -0.15) is 4.99 Å². The molecule has 0 radical (unpaired) electrons. The van der Waals surface area contributed by atoms with Crippen molar-refractivity contribution < 1.29 is 4.79 Å². The van der Waals surface area contributed by atoms with Crippen molar-refractivity contribution in [3.63, 3.8) is 0 Å². The molecule has 0 aliphatic heterocycles. The lowest BCUT2D eigenvalue weighted by atomic mass is 10.2. The number of carbonyl (C=O) groups excluding carboxylic acids is 1. The molecule has 2 aromatic carbocycles. The Morgan fingerprint density at radius 3 is 2.81 bits per heavy atom. The summed E-state index contributed by atoms with van der Waals surface area (Å²) >= 11 is 14.8. The van der Waals surface area contributed by atoms with Gasteiger partial charge in [-0.25, -0.2) is 4.68 Å². The van der Waals surface area contributed by atoms with Gasteiger partial charge >= 0.3 is 0 Å². The molecular weight excluding hydrogens is 475 g/mol. The highest BCUT2D eigenvalue weighted by molar-refractivity contribution is 7.99. The van der Waals surface area contributed by atoms with Crippen molar-refractivity contribution in [2.45, 2.75) is 11.7 Å². The molecule has 1 amide bonds. The summed E-state index contributed by atoms with van der Waals surface area (Å²) < 4.78 is 3.23. The second-order valence-electron chi connectivity index (χ2n) is 6.39. The second kappa shape index (κ2) is 9.69. The van der Waals surface area contributed by atoms with Crippen LogP contribution in [0.1, 0.15) is 5.56 Å². The van der Waals surface area contributed by atoms with E-state index in [9.17, 15) is 4.79 Å². The van der Waals surface area contributed by atoms with Crippen molar-refractivity contribution in [1.82, 2.24) is 19.4 Å². The number of hydrogen-bond acceptors (Lipinski definition) is 6. The lowest BCUT2D eigenvalue weighted by molar-refractivity contribution is -0.115. The molecule has 158 valence electrons. The number of aromatic nitrogens is 4. The fourth-order valence-electron chi connectivity index (χ4n) is 2.78. The largest absolute Gasteiger partial charge is 0.335 e. The van der Waals surface area contributed by atoms with Crippen LogP contribution in [0.3, 0.4) is 0 Å². The number of nitrogens with zero attached hydrogens (tertiary/aromatic N) is 5. The third-order valence-electron chi connectivity index (χ3n) is 4.25. The smallest absolute Gasteiger partial charge is 0.258 e. The van der Waals surface area contributed by atoms with E-state index in [0.717, 1.165) is 11.1 Å². The summed E-state index contributed by atoms with van der Waals surface area (Å²) in [6.07, 6.45) is 1.88. The van der Waals surface area contributed by atoms with Crippen molar-refractivity contribution in [3.05, 3.63) is 80.5 Å². The number of nitrogen functional groups attached to an aromatic ring is 1. The molecule has 31 heavy (non-hydrogen) atoms. The first-order valence-corrected chi connectivity index (χ1v) is 11.7. The number of thiazole rings is 1. The monoisotopic (exact) mass is 490 g/mol. The highest BCUT2D eigenvalue weighted by atomic mass is 35.5. The van der Waals surface area contributed by atoms with E-state index in [4.69, 9.17) is 29.0 Å². The highest BCUT2D eigenvalue weighted by Crippen LogP contribution is 2.23. The molecule has 2 aromatic heterocycles. The Morgan fingerprint density at radius 2 is 2.00 bits per heavy atom. The Hall–Kier alpha value is -2.59. The number of rotatable bonds is 6. The van der Waals surface area contributed by atoms with Gasteiger partial charge in [0.25, 0.3) is 5.91 Å². The fraction of sp³-hybridized carbons (Fsp3) is 0.100. The summed E-state index contributed by atoms with van der Waals surface area (Å²) in [7, 11) is 0. The number of benzene rings is 2. The van der Waals surface area contributed by atoms with Crippen LogP contribution in [0.2, 0.25) is 10.0 Å². The van der Waals surface area contributed by atoms with E-state index in [0.29, 0.717) is 32.4 Å². The Morgan fingerprint density at radius 1 is 1.16 bits per heavy atom. The van der Waals surface area contributed by atoms with Crippen LogP contribution >= 0.6 is 46.3 Å². The molecule has 0 saturated heterocycles. The van der Waals surface area contributed by atoms with Crippen LogP contribution in [0.25, 0.3) is 11.4 Å². The van der Waals surface area contributed by atoms with E-state index in [2.05, 4.69) is 15.2 Å². The van der Waals surface area contributed by atoms with E-state index in [1.165, 1.54) is 27.8 Å². The van der Waals surface area contributed by atoms with Crippen molar-refractivity contribution >= 4 is 52.2 Å². The summed E-state index contributed by atoms with van der Waals surface area (Å²) in [5.74, 6) is 6.35. The van der Waals surface area contributed by atoms with Crippen LogP contribution in [-0.4, -0.2) is 31.1 Å². The molecule has 0 aliphatic rings. The summed E-state index contributed by atoms with van der Waals surface area (Å²) in [6, 6.07) is 14.7. The first kappa shape index (κ1) is 21.6. The standard InChI is InChI=1S/C20H16Cl2N6OS2/c21-15-6-3-5-13(10-15)18-25-26-20(28(18)23)31-12-17(29)24-19-27(8-9-30-19)11-14-4-1-2-7-16(14)22/h1-10H,11-12,23H2. The van der Waals surface area contributed by atoms with Gasteiger partial charge in [-0.05, 0) is 23.8 Å². The quantitative estimate of drug-likeness (QED) is 0.324. The maximum Gasteiger partial charge on any atom is 0.258 e. The minimum absolute atomic E-state index is 0.0782. The zero-order valence-electron chi connectivity index (χ0n) is 16.0. The Bertz CT molecular complexity index is 1300. The first-order valence-electron chi connectivity index (χ1n) is 9.05. The number of hydrogen-bond donors (Lipinski definition) is 1. The van der Waals surface area contributed by atoms with Gasteiger partial charge in [-0.1, -0.05) is 65.3 Å². The van der Waals surface area contributed by atoms with Gasteiger partial charge < -0.3 is 10.4 Å². The van der Waals surface area contributed by atoms with Crippen molar-refractivity contribution in [1.29, 1.82) is 0 Å². The van der Waals surface area contributed by atoms with E-state index in [1.807, 2.05) is 46.5 Å². The minimum atomic E-state index is -0.298.